The van der Waals surface area contributed by atoms with Gasteiger partial charge in [0.1, 0.15) is 4.99 Å². The van der Waals surface area contributed by atoms with E-state index in [1.165, 1.54) is 31.5 Å². The molecule has 0 atom stereocenters. The first-order valence-electron chi connectivity index (χ1n) is 6.57. The predicted molar refractivity (Wildman–Crippen MR) is 80.6 cm³/mol. The summed E-state index contributed by atoms with van der Waals surface area (Å²) in [6, 6.07) is 8.28. The molecule has 1 heterocycles. The minimum Gasteiger partial charge on any atom is -0.389 e. The van der Waals surface area contributed by atoms with Crippen molar-refractivity contribution in [2.75, 3.05) is 13.1 Å². The zero-order valence-electron chi connectivity index (χ0n) is 11.3. The van der Waals surface area contributed by atoms with Crippen LogP contribution in [0, 0.1) is 5.41 Å². The number of rotatable bonds is 3. The van der Waals surface area contributed by atoms with Crippen LogP contribution in [0.5, 0.6) is 0 Å². The van der Waals surface area contributed by atoms with Crippen molar-refractivity contribution >= 4 is 17.2 Å². The summed E-state index contributed by atoms with van der Waals surface area (Å²) >= 11 is 5.02. The Hall–Kier alpha value is -0.930. The lowest BCUT2D eigenvalue weighted by Gasteiger charge is -2.36. The summed E-state index contributed by atoms with van der Waals surface area (Å²) in [5, 5.41) is 0. The molecule has 1 aliphatic heterocycles. The van der Waals surface area contributed by atoms with E-state index in [-0.39, 0.29) is 0 Å². The fourth-order valence-electron chi connectivity index (χ4n) is 2.40. The smallest absolute Gasteiger partial charge is 0.103 e. The number of nitrogens with two attached hydrogens (primary N) is 1. The number of hydrogen-bond donors (Lipinski definition) is 1. The molecule has 2 N–H and O–H groups in total. The second-order valence-electron chi connectivity index (χ2n) is 6.00. The number of benzene rings is 1. The van der Waals surface area contributed by atoms with Crippen LogP contribution >= 0.6 is 12.2 Å². The monoisotopic (exact) mass is 262 g/mol. The van der Waals surface area contributed by atoms with Gasteiger partial charge >= 0.3 is 0 Å². The lowest BCUT2D eigenvalue weighted by atomic mass is 9.82. The summed E-state index contributed by atoms with van der Waals surface area (Å²) in [6.45, 7) is 8.09. The molecule has 1 fully saturated rings. The van der Waals surface area contributed by atoms with Gasteiger partial charge in [0.25, 0.3) is 0 Å². The van der Waals surface area contributed by atoms with Gasteiger partial charge in [-0.15, -0.1) is 0 Å². The Labute approximate surface area is 115 Å². The van der Waals surface area contributed by atoms with Gasteiger partial charge in [0.2, 0.25) is 0 Å². The largest absolute Gasteiger partial charge is 0.389 e. The van der Waals surface area contributed by atoms with Crippen LogP contribution in [0.1, 0.15) is 37.8 Å². The molecular weight excluding hydrogens is 240 g/mol. The second kappa shape index (κ2) is 5.37. The third-order valence-corrected chi connectivity index (χ3v) is 4.06. The topological polar surface area (TPSA) is 29.3 Å². The minimum atomic E-state index is 0.483. The van der Waals surface area contributed by atoms with Crippen molar-refractivity contribution in [2.45, 2.75) is 33.2 Å². The van der Waals surface area contributed by atoms with Crippen LogP contribution in [-0.4, -0.2) is 23.0 Å². The Morgan fingerprint density at radius 3 is 2.61 bits per heavy atom. The summed E-state index contributed by atoms with van der Waals surface area (Å²) in [5.74, 6) is 0. The van der Waals surface area contributed by atoms with Gasteiger partial charge in [-0.1, -0.05) is 44.3 Å². The molecule has 0 amide bonds. The van der Waals surface area contributed by atoms with Crippen molar-refractivity contribution in [3.8, 4) is 0 Å². The summed E-state index contributed by atoms with van der Waals surface area (Å²) in [6.07, 6.45) is 2.56. The van der Waals surface area contributed by atoms with Gasteiger partial charge < -0.3 is 5.73 Å². The average molecular weight is 262 g/mol. The van der Waals surface area contributed by atoms with E-state index in [4.69, 9.17) is 18.0 Å². The summed E-state index contributed by atoms with van der Waals surface area (Å²) in [7, 11) is 0. The van der Waals surface area contributed by atoms with E-state index in [2.05, 4.69) is 30.9 Å². The van der Waals surface area contributed by atoms with Gasteiger partial charge in [-0.25, -0.2) is 0 Å². The summed E-state index contributed by atoms with van der Waals surface area (Å²) in [4.78, 5) is 3.00. The molecule has 2 rings (SSSR count). The molecule has 18 heavy (non-hydrogen) atoms. The molecule has 0 saturated carbocycles. The number of likely N-dealkylation sites (tertiary alicyclic amines) is 1. The molecule has 1 saturated heterocycles. The molecule has 0 spiro atoms. The van der Waals surface area contributed by atoms with Gasteiger partial charge in [0.15, 0.2) is 0 Å². The molecule has 2 nitrogen and oxygen atoms in total. The van der Waals surface area contributed by atoms with Crippen molar-refractivity contribution in [2.24, 2.45) is 11.1 Å². The van der Waals surface area contributed by atoms with Gasteiger partial charge in [0, 0.05) is 12.1 Å². The first-order valence-corrected chi connectivity index (χ1v) is 6.98. The highest BCUT2D eigenvalue weighted by Crippen LogP contribution is 2.30. The fraction of sp³-hybridized carbons (Fsp3) is 0.533. The first kappa shape index (κ1) is 13.5. The Bertz CT molecular complexity index is 430. The summed E-state index contributed by atoms with van der Waals surface area (Å²) < 4.78 is 0. The van der Waals surface area contributed by atoms with Crippen LogP contribution in [0.25, 0.3) is 0 Å². The quantitative estimate of drug-likeness (QED) is 0.849. The zero-order chi connectivity index (χ0) is 13.2. The highest BCUT2D eigenvalue weighted by molar-refractivity contribution is 7.80. The van der Waals surface area contributed by atoms with Crippen LogP contribution in [0.4, 0.5) is 0 Å². The minimum absolute atomic E-state index is 0.483. The maximum absolute atomic E-state index is 5.67. The Morgan fingerprint density at radius 2 is 2.00 bits per heavy atom. The van der Waals surface area contributed by atoms with E-state index in [9.17, 15) is 0 Å². The molecule has 0 radical (unpaired) electrons. The standard InChI is InChI=1S/C15H22N2S/c1-15(2)6-8-17(9-7-15)11-12-4-3-5-13(10-12)14(16)18/h3-5,10H,6-9,11H2,1-2H3,(H2,16,18). The van der Waals surface area contributed by atoms with Crippen LogP contribution < -0.4 is 5.73 Å². The average Bonchev–Trinajstić information content (AvgIpc) is 2.32. The van der Waals surface area contributed by atoms with Crippen molar-refractivity contribution in [3.63, 3.8) is 0 Å². The van der Waals surface area contributed by atoms with Crippen molar-refractivity contribution < 1.29 is 0 Å². The van der Waals surface area contributed by atoms with E-state index >= 15 is 0 Å². The third kappa shape index (κ3) is 3.53. The molecule has 1 aliphatic rings. The van der Waals surface area contributed by atoms with E-state index in [0.717, 1.165) is 12.1 Å². The number of thiocarbonyl (C=S) groups is 1. The van der Waals surface area contributed by atoms with Gasteiger partial charge in [-0.3, -0.25) is 4.90 Å². The maximum Gasteiger partial charge on any atom is 0.103 e. The van der Waals surface area contributed by atoms with Crippen molar-refractivity contribution in [1.29, 1.82) is 0 Å². The van der Waals surface area contributed by atoms with Crippen molar-refractivity contribution in [3.05, 3.63) is 35.4 Å². The van der Waals surface area contributed by atoms with E-state index in [1.807, 2.05) is 12.1 Å². The van der Waals surface area contributed by atoms with E-state index in [0.29, 0.717) is 10.4 Å². The van der Waals surface area contributed by atoms with Gasteiger partial charge in [-0.2, -0.15) is 0 Å². The molecular formula is C15H22N2S. The predicted octanol–water partition coefficient (Wildman–Crippen LogP) is 2.94. The number of piperidine rings is 1. The highest BCUT2D eigenvalue weighted by atomic mass is 32.1. The molecule has 0 aliphatic carbocycles. The van der Waals surface area contributed by atoms with Crippen LogP contribution in [0.2, 0.25) is 0 Å². The SMILES string of the molecule is CC1(C)CCN(Cc2cccc(C(N)=S)c2)CC1. The molecule has 0 aromatic heterocycles. The normalized spacial score (nSPS) is 19.7. The van der Waals surface area contributed by atoms with Crippen molar-refractivity contribution in [1.82, 2.24) is 4.90 Å². The summed E-state index contributed by atoms with van der Waals surface area (Å²) in [5.41, 5.74) is 8.46. The zero-order valence-corrected chi connectivity index (χ0v) is 12.1. The molecule has 0 bridgehead atoms. The van der Waals surface area contributed by atoms with E-state index < -0.39 is 0 Å². The number of nitrogens with zero attached hydrogens (tertiary/aromatic N) is 1. The lowest BCUT2D eigenvalue weighted by Crippen LogP contribution is -2.36. The van der Waals surface area contributed by atoms with Gasteiger partial charge in [-0.05, 0) is 43.0 Å². The van der Waals surface area contributed by atoms with Crippen LogP contribution in [0.3, 0.4) is 0 Å². The molecule has 1 aromatic rings. The van der Waals surface area contributed by atoms with Crippen LogP contribution in [0.15, 0.2) is 24.3 Å². The lowest BCUT2D eigenvalue weighted by molar-refractivity contribution is 0.127. The Kier molecular flexibility index (Phi) is 4.03. The van der Waals surface area contributed by atoms with Gasteiger partial charge in [0.05, 0.1) is 0 Å². The second-order valence-corrected chi connectivity index (χ2v) is 6.44. The Morgan fingerprint density at radius 1 is 1.33 bits per heavy atom. The Balaban J connectivity index is 1.98. The number of hydrogen-bond acceptors (Lipinski definition) is 2. The molecule has 1 aromatic carbocycles. The third-order valence-electron chi connectivity index (χ3n) is 3.83. The molecule has 3 heteroatoms. The fourth-order valence-corrected chi connectivity index (χ4v) is 2.52. The van der Waals surface area contributed by atoms with Crippen LogP contribution in [-0.2, 0) is 6.54 Å². The molecule has 98 valence electrons. The molecule has 0 unspecified atom stereocenters. The maximum atomic E-state index is 5.67. The van der Waals surface area contributed by atoms with E-state index in [1.54, 1.807) is 0 Å². The highest BCUT2D eigenvalue weighted by Gasteiger charge is 2.25. The first-order chi connectivity index (χ1) is 8.46.